The minimum Gasteiger partial charge on any atom is -0.285 e. The van der Waals surface area contributed by atoms with Crippen LogP contribution < -0.4 is 0 Å². The smallest absolute Gasteiger partial charge is 0.274 e. The first kappa shape index (κ1) is 9.48. The van der Waals surface area contributed by atoms with E-state index >= 15 is 0 Å². The van der Waals surface area contributed by atoms with Crippen molar-refractivity contribution in [3.63, 3.8) is 0 Å². The Kier molecular flexibility index (Phi) is 2.14. The van der Waals surface area contributed by atoms with E-state index in [1.165, 1.54) is 13.0 Å². The van der Waals surface area contributed by atoms with Gasteiger partial charge in [0.05, 0.1) is 0 Å². The van der Waals surface area contributed by atoms with Crippen molar-refractivity contribution < 1.29 is 13.0 Å². The molecule has 0 heterocycles. The van der Waals surface area contributed by atoms with Crippen molar-refractivity contribution in [1.82, 2.24) is 0 Å². The van der Waals surface area contributed by atoms with Crippen LogP contribution in [0.1, 0.15) is 20.3 Å². The van der Waals surface area contributed by atoms with Crippen molar-refractivity contribution in [3.8, 4) is 0 Å². The SMILES string of the molecule is CC1=CCC(C)(S(=O)(=O)O)C=C1. The molecule has 1 atom stereocenters. The Morgan fingerprint density at radius 3 is 2.50 bits per heavy atom. The summed E-state index contributed by atoms with van der Waals surface area (Å²) in [5.41, 5.74) is 1.02. The molecule has 0 bridgehead atoms. The number of hydrogen-bond donors (Lipinski definition) is 1. The normalized spacial score (nSPS) is 30.1. The highest BCUT2D eigenvalue weighted by molar-refractivity contribution is 7.87. The maximum atomic E-state index is 10.9. The van der Waals surface area contributed by atoms with Gasteiger partial charge in [0, 0.05) is 0 Å². The zero-order valence-corrected chi connectivity index (χ0v) is 7.93. The minimum absolute atomic E-state index is 0.341. The van der Waals surface area contributed by atoms with Crippen LogP contribution in [0.25, 0.3) is 0 Å². The van der Waals surface area contributed by atoms with Crippen LogP contribution in [0.5, 0.6) is 0 Å². The van der Waals surface area contributed by atoms with Crippen LogP contribution in [0.15, 0.2) is 23.8 Å². The maximum Gasteiger partial charge on any atom is 0.274 e. The number of hydrogen-bond acceptors (Lipinski definition) is 2. The van der Waals surface area contributed by atoms with Gasteiger partial charge in [-0.05, 0) is 20.3 Å². The van der Waals surface area contributed by atoms with Crippen LogP contribution in [0.3, 0.4) is 0 Å². The first-order valence-corrected chi connectivity index (χ1v) is 5.12. The Hall–Kier alpha value is -0.610. The second kappa shape index (κ2) is 2.71. The minimum atomic E-state index is -3.98. The lowest BCUT2D eigenvalue weighted by Gasteiger charge is -2.23. The molecule has 0 saturated heterocycles. The number of rotatable bonds is 1. The highest BCUT2D eigenvalue weighted by Gasteiger charge is 2.35. The predicted molar refractivity (Wildman–Crippen MR) is 47.5 cm³/mol. The van der Waals surface area contributed by atoms with Crippen molar-refractivity contribution in [2.75, 3.05) is 0 Å². The molecule has 1 N–H and O–H groups in total. The van der Waals surface area contributed by atoms with Crippen LogP contribution in [0.4, 0.5) is 0 Å². The molecule has 1 aliphatic rings. The lowest BCUT2D eigenvalue weighted by atomic mass is 9.98. The van der Waals surface area contributed by atoms with Gasteiger partial charge in [-0.15, -0.1) is 0 Å². The monoisotopic (exact) mass is 188 g/mol. The average Bonchev–Trinajstić information content (AvgIpc) is 1.93. The lowest BCUT2D eigenvalue weighted by Crippen LogP contribution is -2.33. The van der Waals surface area contributed by atoms with Crippen LogP contribution in [-0.4, -0.2) is 17.7 Å². The molecule has 0 aromatic rings. The van der Waals surface area contributed by atoms with Crippen molar-refractivity contribution >= 4 is 10.1 Å². The summed E-state index contributed by atoms with van der Waals surface area (Å²) in [4.78, 5) is 0. The first-order valence-electron chi connectivity index (χ1n) is 3.68. The Bertz CT molecular complexity index is 337. The van der Waals surface area contributed by atoms with Crippen molar-refractivity contribution in [2.24, 2.45) is 0 Å². The van der Waals surface area contributed by atoms with Gasteiger partial charge < -0.3 is 0 Å². The van der Waals surface area contributed by atoms with Crippen molar-refractivity contribution in [2.45, 2.75) is 25.0 Å². The maximum absolute atomic E-state index is 10.9. The van der Waals surface area contributed by atoms with Gasteiger partial charge in [-0.2, -0.15) is 8.42 Å². The van der Waals surface area contributed by atoms with Gasteiger partial charge in [0.25, 0.3) is 10.1 Å². The van der Waals surface area contributed by atoms with E-state index in [0.29, 0.717) is 6.42 Å². The Morgan fingerprint density at radius 1 is 1.58 bits per heavy atom. The largest absolute Gasteiger partial charge is 0.285 e. The molecule has 0 fully saturated rings. The second-order valence-electron chi connectivity index (χ2n) is 3.27. The van der Waals surface area contributed by atoms with E-state index in [1.807, 2.05) is 6.92 Å². The van der Waals surface area contributed by atoms with E-state index < -0.39 is 14.9 Å². The van der Waals surface area contributed by atoms with Crippen molar-refractivity contribution in [1.29, 1.82) is 0 Å². The van der Waals surface area contributed by atoms with Gasteiger partial charge in [-0.1, -0.05) is 23.8 Å². The van der Waals surface area contributed by atoms with E-state index in [-0.39, 0.29) is 0 Å². The van der Waals surface area contributed by atoms with Gasteiger partial charge in [0.15, 0.2) is 0 Å². The highest BCUT2D eigenvalue weighted by atomic mass is 32.2. The molecule has 1 unspecified atom stereocenters. The third kappa shape index (κ3) is 1.59. The first-order chi connectivity index (χ1) is 5.35. The van der Waals surface area contributed by atoms with E-state index in [4.69, 9.17) is 4.55 Å². The molecule has 1 rings (SSSR count). The third-order valence-corrected chi connectivity index (χ3v) is 3.60. The van der Waals surface area contributed by atoms with E-state index in [9.17, 15) is 8.42 Å². The topological polar surface area (TPSA) is 54.4 Å². The molecular formula is C8H12O3S. The molecule has 0 amide bonds. The summed E-state index contributed by atoms with van der Waals surface area (Å²) in [6, 6.07) is 0. The Labute approximate surface area is 72.5 Å². The molecule has 12 heavy (non-hydrogen) atoms. The summed E-state index contributed by atoms with van der Waals surface area (Å²) < 4.78 is 29.5. The summed E-state index contributed by atoms with van der Waals surface area (Å²) in [5.74, 6) is 0. The molecule has 0 aliphatic heterocycles. The average molecular weight is 188 g/mol. The standard InChI is InChI=1S/C8H12O3S/c1-7-3-5-8(2,6-4-7)12(9,10)11/h3-5H,6H2,1-2H3,(H,9,10,11). The quantitative estimate of drug-likeness (QED) is 0.635. The molecule has 1 aliphatic carbocycles. The summed E-state index contributed by atoms with van der Waals surface area (Å²) in [6.45, 7) is 3.39. The predicted octanol–water partition coefficient (Wildman–Crippen LogP) is 1.54. The summed E-state index contributed by atoms with van der Waals surface area (Å²) in [5, 5.41) is 0. The Balaban J connectivity index is 3.02. The van der Waals surface area contributed by atoms with Crippen LogP contribution in [0.2, 0.25) is 0 Å². The fraction of sp³-hybridized carbons (Fsp3) is 0.500. The Morgan fingerprint density at radius 2 is 2.17 bits per heavy atom. The lowest BCUT2D eigenvalue weighted by molar-refractivity contribution is 0.452. The zero-order valence-electron chi connectivity index (χ0n) is 7.11. The van der Waals surface area contributed by atoms with Crippen LogP contribution in [0, 0.1) is 0 Å². The van der Waals surface area contributed by atoms with E-state index in [0.717, 1.165) is 5.57 Å². The van der Waals surface area contributed by atoms with Crippen LogP contribution in [-0.2, 0) is 10.1 Å². The van der Waals surface area contributed by atoms with E-state index in [2.05, 4.69) is 0 Å². The third-order valence-electron chi connectivity index (χ3n) is 2.12. The fourth-order valence-corrected chi connectivity index (χ4v) is 1.53. The van der Waals surface area contributed by atoms with Crippen LogP contribution >= 0.6 is 0 Å². The van der Waals surface area contributed by atoms with Gasteiger partial charge in [-0.3, -0.25) is 4.55 Å². The van der Waals surface area contributed by atoms with Gasteiger partial charge in [0.2, 0.25) is 0 Å². The summed E-state index contributed by atoms with van der Waals surface area (Å²) in [6.07, 6.45) is 5.37. The zero-order chi connectivity index (χ0) is 9.41. The summed E-state index contributed by atoms with van der Waals surface area (Å²) >= 11 is 0. The molecule has 0 aromatic carbocycles. The van der Waals surface area contributed by atoms with Gasteiger partial charge >= 0.3 is 0 Å². The molecular weight excluding hydrogens is 176 g/mol. The molecule has 68 valence electrons. The fourth-order valence-electron chi connectivity index (χ4n) is 0.999. The summed E-state index contributed by atoms with van der Waals surface area (Å²) in [7, 11) is -3.98. The van der Waals surface area contributed by atoms with Crippen molar-refractivity contribution in [3.05, 3.63) is 23.8 Å². The highest BCUT2D eigenvalue weighted by Crippen LogP contribution is 2.27. The molecule has 0 aromatic heterocycles. The molecule has 0 saturated carbocycles. The molecule has 0 spiro atoms. The van der Waals surface area contributed by atoms with E-state index in [1.54, 1.807) is 12.2 Å². The van der Waals surface area contributed by atoms with Gasteiger partial charge in [0.1, 0.15) is 4.75 Å². The second-order valence-corrected chi connectivity index (χ2v) is 5.16. The van der Waals surface area contributed by atoms with Gasteiger partial charge in [-0.25, -0.2) is 0 Å². The molecule has 4 heteroatoms. The molecule has 3 nitrogen and oxygen atoms in total. The molecule has 0 radical (unpaired) electrons. The number of allylic oxidation sites excluding steroid dienone is 3.